The van der Waals surface area contributed by atoms with E-state index >= 15 is 0 Å². The Morgan fingerprint density at radius 3 is 2.24 bits per heavy atom. The van der Waals surface area contributed by atoms with Gasteiger partial charge in [0.2, 0.25) is 0 Å². The zero-order valence-corrected chi connectivity index (χ0v) is 18.4. The summed E-state index contributed by atoms with van der Waals surface area (Å²) in [6, 6.07) is 6.40. The summed E-state index contributed by atoms with van der Waals surface area (Å²) >= 11 is 0. The van der Waals surface area contributed by atoms with Gasteiger partial charge in [0.25, 0.3) is 0 Å². The first-order valence-corrected chi connectivity index (χ1v) is 11.2. The van der Waals surface area contributed by atoms with Crippen LogP contribution in [0.4, 0.5) is 22.0 Å². The number of ether oxygens (including phenoxy) is 1. The average molecular weight is 474 g/mol. The second kappa shape index (κ2) is 9.95. The van der Waals surface area contributed by atoms with Gasteiger partial charge in [-0.2, -0.15) is 0 Å². The Kier molecular flexibility index (Phi) is 7.00. The largest absolute Gasteiger partial charge is 0.423 e. The summed E-state index contributed by atoms with van der Waals surface area (Å²) in [6.45, 7) is 3.73. The molecule has 4 rings (SSSR count). The van der Waals surface area contributed by atoms with E-state index in [0.717, 1.165) is 62.8 Å². The smallest absolute Gasteiger partial charge is 0.349 e. The molecule has 2 nitrogen and oxygen atoms in total. The third-order valence-corrected chi connectivity index (χ3v) is 6.52. The fraction of sp³-hybridized carbons (Fsp3) is 0.296. The second-order valence-electron chi connectivity index (χ2n) is 8.70. The fourth-order valence-electron chi connectivity index (χ4n) is 4.67. The Labute approximate surface area is 194 Å². The summed E-state index contributed by atoms with van der Waals surface area (Å²) < 4.78 is 75.4. The lowest BCUT2D eigenvalue weighted by Crippen LogP contribution is -2.16. The first-order chi connectivity index (χ1) is 16.3. The van der Waals surface area contributed by atoms with E-state index in [1.54, 1.807) is 0 Å². The van der Waals surface area contributed by atoms with Crippen molar-refractivity contribution in [3.63, 3.8) is 0 Å². The van der Waals surface area contributed by atoms with Gasteiger partial charge in [-0.05, 0) is 97.7 Å². The highest BCUT2D eigenvalue weighted by atomic mass is 19.2. The molecule has 178 valence electrons. The van der Waals surface area contributed by atoms with Crippen LogP contribution in [-0.4, -0.2) is 5.97 Å². The molecule has 1 aliphatic carbocycles. The molecule has 1 aliphatic rings. The molecule has 0 N–H and O–H groups in total. The lowest BCUT2D eigenvalue weighted by molar-refractivity contribution is 0.0724. The number of carbonyl (C=O) groups is 1. The van der Waals surface area contributed by atoms with Gasteiger partial charge < -0.3 is 4.74 Å². The molecule has 1 saturated carbocycles. The quantitative estimate of drug-likeness (QED) is 0.119. The van der Waals surface area contributed by atoms with Gasteiger partial charge in [-0.25, -0.2) is 26.7 Å². The molecule has 0 aromatic heterocycles. The van der Waals surface area contributed by atoms with Crippen LogP contribution >= 0.6 is 0 Å². The Hall–Kier alpha value is -3.22. The SMILES string of the molecule is C=CCCC1CCC(c2cc(F)c(C(=O)Oc3ccc4c(F)c(F)c(F)cc4c3)c(F)c2)CC1. The van der Waals surface area contributed by atoms with E-state index in [-0.39, 0.29) is 22.4 Å². The maximum Gasteiger partial charge on any atom is 0.349 e. The number of rotatable bonds is 6. The van der Waals surface area contributed by atoms with Gasteiger partial charge in [0.1, 0.15) is 22.9 Å². The molecule has 0 atom stereocenters. The van der Waals surface area contributed by atoms with Crippen molar-refractivity contribution >= 4 is 16.7 Å². The number of hydrogen-bond acceptors (Lipinski definition) is 2. The number of hydrogen-bond donors (Lipinski definition) is 0. The lowest BCUT2D eigenvalue weighted by atomic mass is 9.77. The van der Waals surface area contributed by atoms with Crippen LogP contribution in [-0.2, 0) is 0 Å². The molecule has 1 fully saturated rings. The van der Waals surface area contributed by atoms with Gasteiger partial charge in [-0.3, -0.25) is 0 Å². The third kappa shape index (κ3) is 4.83. The van der Waals surface area contributed by atoms with E-state index in [1.165, 1.54) is 12.1 Å². The van der Waals surface area contributed by atoms with E-state index in [1.807, 2.05) is 6.08 Å². The average Bonchev–Trinajstić information content (AvgIpc) is 2.81. The van der Waals surface area contributed by atoms with Crippen molar-refractivity contribution in [2.45, 2.75) is 44.4 Å². The molecule has 0 spiro atoms. The minimum absolute atomic E-state index is 0.0136. The molecule has 0 unspecified atom stereocenters. The highest BCUT2D eigenvalue weighted by Crippen LogP contribution is 2.38. The standard InChI is InChI=1S/C27H23F5O2/c1-2-3-4-15-5-7-16(8-6-15)17-12-21(28)24(22(29)13-17)27(33)34-19-9-10-20-18(11-19)14-23(30)26(32)25(20)31/h2,9-16H,1,3-8H2. The number of allylic oxidation sites excluding steroid dienone is 1. The Bertz CT molecular complexity index is 1220. The van der Waals surface area contributed by atoms with Crippen LogP contribution in [0.1, 0.15) is 60.4 Å². The van der Waals surface area contributed by atoms with Crippen LogP contribution in [0.2, 0.25) is 0 Å². The van der Waals surface area contributed by atoms with Crippen molar-refractivity contribution in [3.05, 3.63) is 89.3 Å². The predicted molar refractivity (Wildman–Crippen MR) is 119 cm³/mol. The normalized spacial score (nSPS) is 18.1. The Morgan fingerprint density at radius 1 is 0.912 bits per heavy atom. The maximum atomic E-state index is 14.8. The molecule has 3 aromatic carbocycles. The summed E-state index contributed by atoms with van der Waals surface area (Å²) in [5, 5.41) is -0.290. The minimum Gasteiger partial charge on any atom is -0.423 e. The molecule has 3 aromatic rings. The predicted octanol–water partition coefficient (Wildman–Crippen LogP) is 7.99. The Morgan fingerprint density at radius 2 is 1.59 bits per heavy atom. The first-order valence-electron chi connectivity index (χ1n) is 11.2. The van der Waals surface area contributed by atoms with Gasteiger partial charge >= 0.3 is 5.97 Å². The summed E-state index contributed by atoms with van der Waals surface area (Å²) in [6.07, 6.45) is 7.48. The van der Waals surface area contributed by atoms with Crippen molar-refractivity contribution < 1.29 is 31.5 Å². The molecule has 0 aliphatic heterocycles. The van der Waals surface area contributed by atoms with Crippen LogP contribution in [0, 0.1) is 35.0 Å². The number of esters is 1. The molecule has 0 radical (unpaired) electrons. The van der Waals surface area contributed by atoms with E-state index in [0.29, 0.717) is 11.5 Å². The van der Waals surface area contributed by atoms with Crippen molar-refractivity contribution in [2.24, 2.45) is 5.92 Å². The lowest BCUT2D eigenvalue weighted by Gasteiger charge is -2.28. The second-order valence-corrected chi connectivity index (χ2v) is 8.70. The topological polar surface area (TPSA) is 26.3 Å². The van der Waals surface area contributed by atoms with E-state index < -0.39 is 40.6 Å². The number of benzene rings is 3. The van der Waals surface area contributed by atoms with Gasteiger partial charge in [0, 0.05) is 5.39 Å². The molecule has 0 amide bonds. The Balaban J connectivity index is 1.51. The molecule has 0 heterocycles. The zero-order chi connectivity index (χ0) is 24.4. The van der Waals surface area contributed by atoms with Gasteiger partial charge in [-0.1, -0.05) is 6.08 Å². The van der Waals surface area contributed by atoms with Gasteiger partial charge in [0.15, 0.2) is 17.5 Å². The number of fused-ring (bicyclic) bond motifs is 1. The highest BCUT2D eigenvalue weighted by molar-refractivity contribution is 5.93. The fourth-order valence-corrected chi connectivity index (χ4v) is 4.67. The third-order valence-electron chi connectivity index (χ3n) is 6.52. The van der Waals surface area contributed by atoms with Crippen molar-refractivity contribution in [2.75, 3.05) is 0 Å². The number of carbonyl (C=O) groups excluding carboxylic acids is 1. The zero-order valence-electron chi connectivity index (χ0n) is 18.4. The van der Waals surface area contributed by atoms with Crippen LogP contribution < -0.4 is 4.74 Å². The van der Waals surface area contributed by atoms with Gasteiger partial charge in [0.05, 0.1) is 0 Å². The molecule has 7 heteroatoms. The summed E-state index contributed by atoms with van der Waals surface area (Å²) in [7, 11) is 0. The van der Waals surface area contributed by atoms with Crippen LogP contribution in [0.5, 0.6) is 5.75 Å². The number of halogens is 5. The monoisotopic (exact) mass is 474 g/mol. The summed E-state index contributed by atoms with van der Waals surface area (Å²) in [4.78, 5) is 12.5. The van der Waals surface area contributed by atoms with E-state index in [9.17, 15) is 26.7 Å². The van der Waals surface area contributed by atoms with E-state index in [2.05, 4.69) is 6.58 Å². The molecular weight excluding hydrogens is 451 g/mol. The van der Waals surface area contributed by atoms with Crippen LogP contribution in [0.15, 0.2) is 49.1 Å². The van der Waals surface area contributed by atoms with Gasteiger partial charge in [-0.15, -0.1) is 6.58 Å². The van der Waals surface area contributed by atoms with Crippen molar-refractivity contribution in [3.8, 4) is 5.75 Å². The van der Waals surface area contributed by atoms with Crippen LogP contribution in [0.25, 0.3) is 10.8 Å². The van der Waals surface area contributed by atoms with Crippen molar-refractivity contribution in [1.29, 1.82) is 0 Å². The minimum atomic E-state index is -1.62. The van der Waals surface area contributed by atoms with Crippen molar-refractivity contribution in [1.82, 2.24) is 0 Å². The summed E-state index contributed by atoms with van der Waals surface area (Å²) in [5.41, 5.74) is -0.340. The molecular formula is C27H23F5O2. The molecule has 0 bridgehead atoms. The molecule has 34 heavy (non-hydrogen) atoms. The van der Waals surface area contributed by atoms with Crippen LogP contribution in [0.3, 0.4) is 0 Å². The highest BCUT2D eigenvalue weighted by Gasteiger charge is 2.26. The molecule has 0 saturated heterocycles. The van der Waals surface area contributed by atoms with E-state index in [4.69, 9.17) is 4.74 Å². The summed E-state index contributed by atoms with van der Waals surface area (Å²) in [5.74, 6) is -7.35. The maximum absolute atomic E-state index is 14.8. The first kappa shape index (κ1) is 23.9.